The van der Waals surface area contributed by atoms with Gasteiger partial charge in [0.15, 0.2) is 28.8 Å². The van der Waals surface area contributed by atoms with Crippen LogP contribution in [0.1, 0.15) is 23.0 Å². The first-order valence-electron chi connectivity index (χ1n) is 11.6. The number of rotatable bonds is 5. The minimum absolute atomic E-state index is 0.0777. The van der Waals surface area contributed by atoms with E-state index in [0.29, 0.717) is 11.4 Å². The van der Waals surface area contributed by atoms with Crippen LogP contribution in [0.3, 0.4) is 0 Å². The number of ether oxygens (including phenoxy) is 1. The fourth-order valence-electron chi connectivity index (χ4n) is 4.46. The molecular formula is C26H23F2N7O2. The van der Waals surface area contributed by atoms with E-state index >= 15 is 4.39 Å². The first-order chi connectivity index (χ1) is 17.9. The molecule has 0 unspecified atom stereocenters. The number of hydrogen-bond donors (Lipinski definition) is 2. The van der Waals surface area contributed by atoms with E-state index in [9.17, 15) is 14.4 Å². The third-order valence-corrected chi connectivity index (χ3v) is 6.18. The quantitative estimate of drug-likeness (QED) is 0.410. The predicted octanol–water partition coefficient (Wildman–Crippen LogP) is 4.50. The van der Waals surface area contributed by atoms with Crippen molar-refractivity contribution in [2.45, 2.75) is 13.8 Å². The van der Waals surface area contributed by atoms with E-state index in [2.05, 4.69) is 25.5 Å². The third kappa shape index (κ3) is 4.54. The number of carbonyl (C=O) groups is 1. The summed E-state index contributed by atoms with van der Waals surface area (Å²) in [5, 5.41) is 16.1. The molecule has 0 saturated carbocycles. The smallest absolute Gasteiger partial charge is 0.242 e. The van der Waals surface area contributed by atoms with Crippen molar-refractivity contribution >= 4 is 34.0 Å². The molecule has 5 rings (SSSR count). The fraction of sp³-hybridized carbons (Fsp3) is 0.231. The molecule has 188 valence electrons. The van der Waals surface area contributed by atoms with Gasteiger partial charge in [-0.05, 0) is 37.3 Å². The van der Waals surface area contributed by atoms with Crippen LogP contribution in [0.4, 0.5) is 26.0 Å². The Morgan fingerprint density at radius 3 is 2.57 bits per heavy atom. The van der Waals surface area contributed by atoms with Gasteiger partial charge in [0, 0.05) is 61.6 Å². The summed E-state index contributed by atoms with van der Waals surface area (Å²) in [6.45, 7) is 6.53. The number of piperazine rings is 1. The van der Waals surface area contributed by atoms with Gasteiger partial charge in [-0.3, -0.25) is 9.36 Å². The van der Waals surface area contributed by atoms with Crippen LogP contribution in [0.15, 0.2) is 42.7 Å². The van der Waals surface area contributed by atoms with E-state index in [1.165, 1.54) is 13.0 Å². The molecule has 11 heteroatoms. The Morgan fingerprint density at radius 1 is 1.16 bits per heavy atom. The van der Waals surface area contributed by atoms with Crippen LogP contribution >= 0.6 is 0 Å². The number of nitrogens with zero attached hydrogens (tertiary/aromatic N) is 5. The predicted molar refractivity (Wildman–Crippen MR) is 135 cm³/mol. The van der Waals surface area contributed by atoms with Crippen LogP contribution in [-0.4, -0.2) is 46.6 Å². The molecule has 2 N–H and O–H groups in total. The lowest BCUT2D eigenvalue weighted by Crippen LogP contribution is -2.43. The van der Waals surface area contributed by atoms with Gasteiger partial charge in [0.05, 0.1) is 5.52 Å². The lowest BCUT2D eigenvalue weighted by molar-refractivity contribution is 0.0939. The van der Waals surface area contributed by atoms with E-state index in [1.807, 2.05) is 30.3 Å². The summed E-state index contributed by atoms with van der Waals surface area (Å²) in [5.74, 6) is -2.71. The highest BCUT2D eigenvalue weighted by atomic mass is 19.1. The number of fused-ring (bicyclic) bond motifs is 1. The molecule has 1 aliphatic heterocycles. The van der Waals surface area contributed by atoms with Crippen molar-refractivity contribution in [1.29, 1.82) is 5.26 Å². The van der Waals surface area contributed by atoms with Crippen molar-refractivity contribution in [1.82, 2.24) is 19.9 Å². The highest BCUT2D eigenvalue weighted by molar-refractivity contribution is 5.94. The summed E-state index contributed by atoms with van der Waals surface area (Å²) in [4.78, 5) is 22.3. The monoisotopic (exact) mass is 503 g/mol. The van der Waals surface area contributed by atoms with Crippen molar-refractivity contribution in [3.05, 3.63) is 65.6 Å². The first kappa shape index (κ1) is 24.1. The van der Waals surface area contributed by atoms with Crippen molar-refractivity contribution in [2.24, 2.45) is 0 Å². The second-order valence-corrected chi connectivity index (χ2v) is 8.60. The third-order valence-electron chi connectivity index (χ3n) is 6.18. The Balaban J connectivity index is 1.44. The molecule has 0 atom stereocenters. The summed E-state index contributed by atoms with van der Waals surface area (Å²) >= 11 is 0. The molecule has 0 radical (unpaired) electrons. The van der Waals surface area contributed by atoms with E-state index in [-0.39, 0.29) is 28.2 Å². The van der Waals surface area contributed by atoms with Crippen LogP contribution in [-0.2, 0) is 0 Å². The Kier molecular flexibility index (Phi) is 6.42. The molecule has 2 aromatic heterocycles. The molecule has 1 saturated heterocycles. The summed E-state index contributed by atoms with van der Waals surface area (Å²) in [6, 6.07) is 11.9. The SMILES string of the molecule is CC(=O)n1c(C)cc2c(F)c(Oc3ncnc(Nc4ccc(N5CCNCC5)cc4)c3C#N)cc(F)c21. The maximum Gasteiger partial charge on any atom is 0.242 e. The highest BCUT2D eigenvalue weighted by Gasteiger charge is 2.23. The highest BCUT2D eigenvalue weighted by Crippen LogP contribution is 2.35. The Labute approximate surface area is 211 Å². The lowest BCUT2D eigenvalue weighted by Gasteiger charge is -2.29. The van der Waals surface area contributed by atoms with E-state index in [1.54, 1.807) is 6.92 Å². The normalized spacial score (nSPS) is 13.4. The fourth-order valence-corrected chi connectivity index (χ4v) is 4.46. The van der Waals surface area contributed by atoms with Gasteiger partial charge in [0.1, 0.15) is 12.4 Å². The van der Waals surface area contributed by atoms with Crippen LogP contribution in [0.25, 0.3) is 10.9 Å². The Morgan fingerprint density at radius 2 is 1.89 bits per heavy atom. The Hall–Kier alpha value is -4.56. The molecule has 37 heavy (non-hydrogen) atoms. The van der Waals surface area contributed by atoms with Crippen molar-refractivity contribution in [3.8, 4) is 17.7 Å². The standard InChI is InChI=1S/C26H23F2N7O2/c1-15-11-19-23(28)22(12-21(27)24(19)35(15)16(2)36)37-26-20(13-29)25(31-14-32-26)33-17-3-5-18(6-4-17)34-9-7-30-8-10-34/h3-6,11-12,14,30H,7-10H2,1-2H3,(H,31,32,33). The zero-order chi connectivity index (χ0) is 26.1. The summed E-state index contributed by atoms with van der Waals surface area (Å²) < 4.78 is 36.9. The number of anilines is 3. The number of nitriles is 1. The average molecular weight is 504 g/mol. The van der Waals surface area contributed by atoms with Gasteiger partial charge in [-0.15, -0.1) is 0 Å². The zero-order valence-corrected chi connectivity index (χ0v) is 20.2. The van der Waals surface area contributed by atoms with Crippen LogP contribution in [0, 0.1) is 29.9 Å². The molecule has 0 aliphatic carbocycles. The van der Waals surface area contributed by atoms with Crippen LogP contribution in [0.2, 0.25) is 0 Å². The molecule has 9 nitrogen and oxygen atoms in total. The van der Waals surface area contributed by atoms with Gasteiger partial charge in [-0.25, -0.2) is 18.7 Å². The molecular weight excluding hydrogens is 480 g/mol. The summed E-state index contributed by atoms with van der Waals surface area (Å²) in [6.07, 6.45) is 1.16. The van der Waals surface area contributed by atoms with Gasteiger partial charge in [-0.2, -0.15) is 5.26 Å². The molecule has 0 amide bonds. The number of carbonyl (C=O) groups excluding carboxylic acids is 1. The molecule has 3 heterocycles. The average Bonchev–Trinajstić information content (AvgIpc) is 3.26. The lowest BCUT2D eigenvalue weighted by atomic mass is 10.2. The molecule has 1 fully saturated rings. The molecule has 4 aromatic rings. The number of aryl methyl sites for hydroxylation is 1. The summed E-state index contributed by atoms with van der Waals surface area (Å²) in [7, 11) is 0. The second-order valence-electron chi connectivity index (χ2n) is 8.60. The molecule has 0 spiro atoms. The van der Waals surface area contributed by atoms with Crippen LogP contribution in [0.5, 0.6) is 11.6 Å². The minimum atomic E-state index is -0.875. The number of nitrogens with one attached hydrogen (secondary N) is 2. The van der Waals surface area contributed by atoms with Gasteiger partial charge >= 0.3 is 0 Å². The molecule has 2 aromatic carbocycles. The van der Waals surface area contributed by atoms with E-state index in [4.69, 9.17) is 4.74 Å². The van der Waals surface area contributed by atoms with Crippen molar-refractivity contribution in [2.75, 3.05) is 36.4 Å². The van der Waals surface area contributed by atoms with Gasteiger partial charge in [-0.1, -0.05) is 0 Å². The van der Waals surface area contributed by atoms with Crippen LogP contribution < -0.4 is 20.3 Å². The van der Waals surface area contributed by atoms with E-state index < -0.39 is 23.3 Å². The number of hydrogen-bond acceptors (Lipinski definition) is 8. The number of aromatic nitrogens is 3. The largest absolute Gasteiger partial charge is 0.434 e. The maximum atomic E-state index is 15.3. The molecule has 1 aliphatic rings. The second kappa shape index (κ2) is 9.83. The minimum Gasteiger partial charge on any atom is -0.434 e. The number of benzene rings is 2. The maximum absolute atomic E-state index is 15.3. The van der Waals surface area contributed by atoms with Crippen molar-refractivity contribution < 1.29 is 18.3 Å². The summed E-state index contributed by atoms with van der Waals surface area (Å²) in [5.41, 5.74) is 1.89. The first-order valence-corrected chi connectivity index (χ1v) is 11.6. The van der Waals surface area contributed by atoms with E-state index in [0.717, 1.165) is 48.8 Å². The topological polar surface area (TPSA) is 108 Å². The zero-order valence-electron chi connectivity index (χ0n) is 20.2. The van der Waals surface area contributed by atoms with Gasteiger partial charge < -0.3 is 20.3 Å². The number of halogens is 2. The van der Waals surface area contributed by atoms with Crippen molar-refractivity contribution in [3.63, 3.8) is 0 Å². The molecule has 0 bridgehead atoms. The van der Waals surface area contributed by atoms with Gasteiger partial charge in [0.2, 0.25) is 11.8 Å². The Bertz CT molecular complexity index is 1540. The van der Waals surface area contributed by atoms with Gasteiger partial charge in [0.25, 0.3) is 0 Å².